The fourth-order valence-electron chi connectivity index (χ4n) is 5.32. The van der Waals surface area contributed by atoms with Crippen LogP contribution < -0.4 is 9.47 Å². The highest BCUT2D eigenvalue weighted by Crippen LogP contribution is 2.28. The molecule has 3 rings (SSSR count). The maximum atomic E-state index is 13.0. The van der Waals surface area contributed by atoms with Crippen LogP contribution in [0.15, 0.2) is 91.1 Å². The number of benzene rings is 1. The Bertz CT molecular complexity index is 1540. The van der Waals surface area contributed by atoms with E-state index in [0.29, 0.717) is 31.6 Å². The second-order valence-electron chi connectivity index (χ2n) is 11.7. The zero-order valence-corrected chi connectivity index (χ0v) is 28.0. The number of hydrogen-bond donors (Lipinski definition) is 0. The van der Waals surface area contributed by atoms with E-state index in [1.165, 1.54) is 30.4 Å². The lowest BCUT2D eigenvalue weighted by atomic mass is 9.88. The molecule has 1 aromatic rings. The van der Waals surface area contributed by atoms with E-state index in [1.54, 1.807) is 31.2 Å². The molecule has 0 amide bonds. The number of ether oxygens (including phenoxy) is 4. The molecule has 260 valence electrons. The summed E-state index contributed by atoms with van der Waals surface area (Å²) in [5.74, 6) is -3.54. The minimum absolute atomic E-state index is 0.0434. The molecular weight excluding hydrogens is 628 g/mol. The first-order chi connectivity index (χ1) is 23.6. The van der Waals surface area contributed by atoms with Crippen LogP contribution in [0.1, 0.15) is 69.8 Å². The van der Waals surface area contributed by atoms with Crippen molar-refractivity contribution in [3.05, 3.63) is 96.7 Å². The fraction of sp³-hybridized carbons (Fsp3) is 0.385. The van der Waals surface area contributed by atoms with Crippen molar-refractivity contribution in [1.29, 1.82) is 0 Å². The van der Waals surface area contributed by atoms with E-state index in [1.807, 2.05) is 0 Å². The maximum absolute atomic E-state index is 13.0. The van der Waals surface area contributed by atoms with Gasteiger partial charge < -0.3 is 18.9 Å². The van der Waals surface area contributed by atoms with Crippen molar-refractivity contribution in [1.82, 2.24) is 0 Å². The molecule has 2 unspecified atom stereocenters. The minimum atomic E-state index is -0.778. The topological polar surface area (TPSA) is 139 Å². The van der Waals surface area contributed by atoms with E-state index in [4.69, 9.17) is 18.9 Å². The van der Waals surface area contributed by atoms with Crippen LogP contribution in [0, 0.1) is 18.8 Å². The predicted octanol–water partition coefficient (Wildman–Crippen LogP) is 6.53. The smallest absolute Gasteiger partial charge is 0.347 e. The fourth-order valence-corrected chi connectivity index (χ4v) is 5.32. The third-order valence-corrected chi connectivity index (χ3v) is 8.06. The summed E-state index contributed by atoms with van der Waals surface area (Å²) >= 11 is 0. The Labute approximate surface area is 287 Å². The summed E-state index contributed by atoms with van der Waals surface area (Å²) in [6.45, 7) is 9.03. The van der Waals surface area contributed by atoms with Crippen LogP contribution in [0.3, 0.4) is 0 Å². The molecule has 2 atom stereocenters. The van der Waals surface area contributed by atoms with E-state index >= 15 is 0 Å². The van der Waals surface area contributed by atoms with Crippen LogP contribution in [-0.4, -0.2) is 48.7 Å². The first-order valence-electron chi connectivity index (χ1n) is 16.6. The maximum Gasteiger partial charge on any atom is 0.347 e. The van der Waals surface area contributed by atoms with Gasteiger partial charge in [-0.3, -0.25) is 9.59 Å². The summed E-state index contributed by atoms with van der Waals surface area (Å²) in [4.78, 5) is 74.1. The molecule has 2 aliphatic rings. The molecule has 0 radical (unpaired) electrons. The Kier molecular flexibility index (Phi) is 15.9. The standard InChI is InChI=1S/C39H44O10/c1-4-34(40)46-24-12-8-6-10-16-28-18-14-20-31(36(28)42)38(44)48-30-22-23-33(27(3)26-30)49-39(45)32-21-15-19-29(37(32)43)17-11-7-9-13-25-47-35(41)5-2/h4-5,14-15,18-23,26,28-29H,1-2,6-13,16-17,24-25H2,3H3. The number of unbranched alkanes of at least 4 members (excludes halogenated alkanes) is 6. The zero-order valence-electron chi connectivity index (χ0n) is 28.0. The van der Waals surface area contributed by atoms with Gasteiger partial charge in [0.25, 0.3) is 0 Å². The Morgan fingerprint density at radius 1 is 0.673 bits per heavy atom. The monoisotopic (exact) mass is 672 g/mol. The number of esters is 4. The van der Waals surface area contributed by atoms with Crippen LogP contribution in [0.4, 0.5) is 0 Å². The van der Waals surface area contributed by atoms with Crippen LogP contribution in [0.5, 0.6) is 11.5 Å². The third-order valence-electron chi connectivity index (χ3n) is 8.06. The number of carbonyl (C=O) groups is 6. The van der Waals surface area contributed by atoms with Gasteiger partial charge in [0, 0.05) is 24.0 Å². The van der Waals surface area contributed by atoms with E-state index in [0.717, 1.165) is 63.5 Å². The first-order valence-corrected chi connectivity index (χ1v) is 16.6. The third kappa shape index (κ3) is 12.4. The lowest BCUT2D eigenvalue weighted by Gasteiger charge is -2.18. The van der Waals surface area contributed by atoms with E-state index in [2.05, 4.69) is 13.2 Å². The van der Waals surface area contributed by atoms with Crippen LogP contribution in [0.25, 0.3) is 0 Å². The highest BCUT2D eigenvalue weighted by molar-refractivity contribution is 6.20. The van der Waals surface area contributed by atoms with Gasteiger partial charge in [0.15, 0.2) is 11.6 Å². The van der Waals surface area contributed by atoms with Crippen molar-refractivity contribution in [2.75, 3.05) is 13.2 Å². The average Bonchev–Trinajstić information content (AvgIpc) is 3.09. The van der Waals surface area contributed by atoms with E-state index < -0.39 is 35.7 Å². The Balaban J connectivity index is 1.44. The second-order valence-corrected chi connectivity index (χ2v) is 11.7. The molecular formula is C39H44O10. The average molecular weight is 673 g/mol. The van der Waals surface area contributed by atoms with Crippen molar-refractivity contribution < 1.29 is 47.7 Å². The molecule has 0 aromatic heterocycles. The summed E-state index contributed by atoms with van der Waals surface area (Å²) in [6.07, 6.45) is 19.6. The van der Waals surface area contributed by atoms with Crippen molar-refractivity contribution in [2.45, 2.75) is 71.1 Å². The Hall–Kier alpha value is -5.12. The van der Waals surface area contributed by atoms with Crippen LogP contribution in [0.2, 0.25) is 0 Å². The van der Waals surface area contributed by atoms with Gasteiger partial charge in [0.05, 0.1) is 13.2 Å². The molecule has 0 spiro atoms. The van der Waals surface area contributed by atoms with Crippen molar-refractivity contribution in [2.24, 2.45) is 11.8 Å². The molecule has 1 aromatic carbocycles. The summed E-state index contributed by atoms with van der Waals surface area (Å²) < 4.78 is 20.9. The van der Waals surface area contributed by atoms with Gasteiger partial charge in [-0.2, -0.15) is 0 Å². The number of Topliss-reactive ketones (excluding diaryl/α,β-unsaturated/α-hetero) is 2. The Morgan fingerprint density at radius 3 is 1.61 bits per heavy atom. The van der Waals surface area contributed by atoms with Gasteiger partial charge in [-0.25, -0.2) is 19.2 Å². The number of hydrogen-bond acceptors (Lipinski definition) is 10. The van der Waals surface area contributed by atoms with Gasteiger partial charge in [-0.05, 0) is 68.5 Å². The first kappa shape index (κ1) is 38.3. The highest BCUT2D eigenvalue weighted by Gasteiger charge is 2.30. The molecule has 0 N–H and O–H groups in total. The van der Waals surface area contributed by atoms with Gasteiger partial charge in [0.2, 0.25) is 0 Å². The van der Waals surface area contributed by atoms with Crippen LogP contribution in [-0.2, 0) is 38.2 Å². The molecule has 0 saturated heterocycles. The highest BCUT2D eigenvalue weighted by atomic mass is 16.5. The van der Waals surface area contributed by atoms with Crippen LogP contribution >= 0.6 is 0 Å². The molecule has 0 heterocycles. The van der Waals surface area contributed by atoms with E-state index in [9.17, 15) is 28.8 Å². The summed E-state index contributed by atoms with van der Waals surface area (Å²) in [7, 11) is 0. The predicted molar refractivity (Wildman–Crippen MR) is 182 cm³/mol. The normalized spacial score (nSPS) is 16.7. The Morgan fingerprint density at radius 2 is 1.14 bits per heavy atom. The number of rotatable bonds is 20. The number of allylic oxidation sites excluding steroid dienone is 6. The van der Waals surface area contributed by atoms with E-state index in [-0.39, 0.29) is 34.2 Å². The second kappa shape index (κ2) is 20.3. The zero-order chi connectivity index (χ0) is 35.6. The van der Waals surface area contributed by atoms with Crippen molar-refractivity contribution in [3.63, 3.8) is 0 Å². The molecule has 49 heavy (non-hydrogen) atoms. The number of ketones is 2. The number of carbonyl (C=O) groups excluding carboxylic acids is 6. The van der Waals surface area contributed by atoms with Gasteiger partial charge in [-0.1, -0.05) is 76.0 Å². The quantitative estimate of drug-likeness (QED) is 0.0494. The molecule has 0 bridgehead atoms. The summed E-state index contributed by atoms with van der Waals surface area (Å²) in [5.41, 5.74) is 0.406. The van der Waals surface area contributed by atoms with Gasteiger partial charge >= 0.3 is 23.9 Å². The molecule has 2 aliphatic carbocycles. The molecule has 0 saturated carbocycles. The van der Waals surface area contributed by atoms with Gasteiger partial charge in [-0.15, -0.1) is 0 Å². The largest absolute Gasteiger partial charge is 0.463 e. The van der Waals surface area contributed by atoms with Crippen molar-refractivity contribution >= 4 is 35.4 Å². The molecule has 0 fully saturated rings. The molecule has 0 aliphatic heterocycles. The summed E-state index contributed by atoms with van der Waals surface area (Å²) in [6, 6.07) is 4.45. The minimum Gasteiger partial charge on any atom is -0.463 e. The lowest BCUT2D eigenvalue weighted by Crippen LogP contribution is -2.26. The lowest BCUT2D eigenvalue weighted by molar-refractivity contribution is -0.138. The molecule has 10 nitrogen and oxygen atoms in total. The van der Waals surface area contributed by atoms with Crippen molar-refractivity contribution in [3.8, 4) is 11.5 Å². The SMILES string of the molecule is C=CC(=O)OCCCCCCC1C=CC=C(C(=O)Oc2ccc(OC(=O)C3=CC=CC(CCCCCCOC(=O)C=C)C3=O)c(C)c2)C1=O. The summed E-state index contributed by atoms with van der Waals surface area (Å²) in [5, 5.41) is 0. The van der Waals surface area contributed by atoms with Gasteiger partial charge in [0.1, 0.15) is 22.6 Å². The number of aryl methyl sites for hydroxylation is 1. The molecule has 10 heteroatoms.